The maximum absolute atomic E-state index is 6.06. The van der Waals surface area contributed by atoms with E-state index in [0.717, 1.165) is 31.3 Å². The monoisotopic (exact) mass is 372 g/mol. The van der Waals surface area contributed by atoms with Crippen LogP contribution in [0.5, 0.6) is 0 Å². The SMILES string of the molecule is CCCCCCC1CCC(c2ccc(C3COC(CCC)CO3)cc2)CC1. The van der Waals surface area contributed by atoms with Crippen LogP contribution in [0.15, 0.2) is 24.3 Å². The van der Waals surface area contributed by atoms with Crippen LogP contribution in [0.1, 0.15) is 108 Å². The molecule has 1 aliphatic heterocycles. The molecule has 1 aliphatic carbocycles. The molecule has 0 bridgehead atoms. The Hall–Kier alpha value is -0.860. The predicted octanol–water partition coefficient (Wildman–Crippen LogP) is 7.19. The fourth-order valence-electron chi connectivity index (χ4n) is 4.85. The highest BCUT2D eigenvalue weighted by molar-refractivity contribution is 5.27. The van der Waals surface area contributed by atoms with Gasteiger partial charge in [0, 0.05) is 0 Å². The first kappa shape index (κ1) is 20.9. The van der Waals surface area contributed by atoms with Crippen molar-refractivity contribution in [2.24, 2.45) is 5.92 Å². The summed E-state index contributed by atoms with van der Waals surface area (Å²) < 4.78 is 12.0. The Labute approximate surface area is 167 Å². The molecule has 1 saturated heterocycles. The zero-order valence-electron chi connectivity index (χ0n) is 17.6. The van der Waals surface area contributed by atoms with Gasteiger partial charge in [0.15, 0.2) is 0 Å². The van der Waals surface area contributed by atoms with Crippen LogP contribution in [0.4, 0.5) is 0 Å². The third-order valence-corrected chi connectivity index (χ3v) is 6.67. The van der Waals surface area contributed by atoms with E-state index in [1.165, 1.54) is 68.9 Å². The topological polar surface area (TPSA) is 18.5 Å². The molecule has 2 atom stereocenters. The second kappa shape index (κ2) is 11.2. The summed E-state index contributed by atoms with van der Waals surface area (Å²) in [4.78, 5) is 0. The number of benzene rings is 1. The minimum atomic E-state index is 0.117. The molecule has 2 fully saturated rings. The third kappa shape index (κ3) is 6.32. The quantitative estimate of drug-likeness (QED) is 0.427. The van der Waals surface area contributed by atoms with Gasteiger partial charge >= 0.3 is 0 Å². The minimum Gasteiger partial charge on any atom is -0.373 e. The largest absolute Gasteiger partial charge is 0.373 e. The molecule has 2 unspecified atom stereocenters. The van der Waals surface area contributed by atoms with Crippen molar-refractivity contribution < 1.29 is 9.47 Å². The zero-order valence-corrected chi connectivity index (χ0v) is 17.6. The van der Waals surface area contributed by atoms with Gasteiger partial charge in [-0.1, -0.05) is 76.6 Å². The smallest absolute Gasteiger partial charge is 0.106 e. The summed E-state index contributed by atoms with van der Waals surface area (Å²) in [5.74, 6) is 1.75. The van der Waals surface area contributed by atoms with E-state index in [4.69, 9.17) is 9.47 Å². The lowest BCUT2D eigenvalue weighted by Crippen LogP contribution is -2.30. The average molecular weight is 373 g/mol. The van der Waals surface area contributed by atoms with Crippen LogP contribution < -0.4 is 0 Å². The molecule has 1 saturated carbocycles. The van der Waals surface area contributed by atoms with Crippen molar-refractivity contribution >= 4 is 0 Å². The molecule has 1 aromatic carbocycles. The van der Waals surface area contributed by atoms with Crippen LogP contribution >= 0.6 is 0 Å². The number of ether oxygens (including phenoxy) is 2. The van der Waals surface area contributed by atoms with E-state index in [1.807, 2.05) is 0 Å². The maximum Gasteiger partial charge on any atom is 0.106 e. The molecule has 1 aromatic rings. The van der Waals surface area contributed by atoms with E-state index >= 15 is 0 Å². The van der Waals surface area contributed by atoms with Crippen molar-refractivity contribution in [3.8, 4) is 0 Å². The highest BCUT2D eigenvalue weighted by atomic mass is 16.6. The van der Waals surface area contributed by atoms with Gasteiger partial charge in [0.2, 0.25) is 0 Å². The molecule has 152 valence electrons. The van der Waals surface area contributed by atoms with Crippen molar-refractivity contribution in [2.45, 2.75) is 103 Å². The molecular formula is C25H40O2. The van der Waals surface area contributed by atoms with Crippen LogP contribution in [0.3, 0.4) is 0 Å². The van der Waals surface area contributed by atoms with Gasteiger partial charge in [-0.15, -0.1) is 0 Å². The van der Waals surface area contributed by atoms with E-state index in [0.29, 0.717) is 12.7 Å². The predicted molar refractivity (Wildman–Crippen MR) is 113 cm³/mol. The van der Waals surface area contributed by atoms with E-state index in [-0.39, 0.29) is 6.10 Å². The lowest BCUT2D eigenvalue weighted by atomic mass is 9.77. The maximum atomic E-state index is 6.06. The van der Waals surface area contributed by atoms with Gasteiger partial charge in [0.1, 0.15) is 6.10 Å². The van der Waals surface area contributed by atoms with E-state index in [2.05, 4.69) is 38.1 Å². The number of hydrogen-bond donors (Lipinski definition) is 0. The van der Waals surface area contributed by atoms with Crippen LogP contribution in [0, 0.1) is 5.92 Å². The molecule has 2 aliphatic rings. The standard InChI is InChI=1S/C25H40O2/c1-3-5-6-7-9-20-10-12-21(13-11-20)22-14-16-23(17-15-22)25-19-26-24(8-4-2)18-27-25/h14-17,20-21,24-25H,3-13,18-19H2,1-2H3. The Bertz CT molecular complexity index is 508. The molecule has 0 aromatic heterocycles. The summed E-state index contributed by atoms with van der Waals surface area (Å²) >= 11 is 0. The lowest BCUT2D eigenvalue weighted by Gasteiger charge is -2.31. The third-order valence-electron chi connectivity index (χ3n) is 6.67. The van der Waals surface area contributed by atoms with Crippen molar-refractivity contribution in [2.75, 3.05) is 13.2 Å². The summed E-state index contributed by atoms with van der Waals surface area (Å²) in [6.07, 6.45) is 15.4. The molecule has 2 nitrogen and oxygen atoms in total. The van der Waals surface area contributed by atoms with Gasteiger partial charge in [-0.05, 0) is 55.1 Å². The first-order valence-corrected chi connectivity index (χ1v) is 11.6. The Balaban J connectivity index is 1.42. The molecule has 27 heavy (non-hydrogen) atoms. The van der Waals surface area contributed by atoms with Crippen LogP contribution in [0.25, 0.3) is 0 Å². The first-order chi connectivity index (χ1) is 13.3. The number of rotatable bonds is 9. The van der Waals surface area contributed by atoms with Crippen LogP contribution in [-0.2, 0) is 9.47 Å². The van der Waals surface area contributed by atoms with Gasteiger partial charge in [0.25, 0.3) is 0 Å². The Morgan fingerprint density at radius 3 is 2.11 bits per heavy atom. The van der Waals surface area contributed by atoms with Gasteiger partial charge < -0.3 is 9.47 Å². The zero-order chi connectivity index (χ0) is 18.9. The second-order valence-corrected chi connectivity index (χ2v) is 8.80. The fourth-order valence-corrected chi connectivity index (χ4v) is 4.85. The van der Waals surface area contributed by atoms with Gasteiger partial charge in [-0.25, -0.2) is 0 Å². The fraction of sp³-hybridized carbons (Fsp3) is 0.760. The average Bonchev–Trinajstić information content (AvgIpc) is 2.73. The minimum absolute atomic E-state index is 0.117. The van der Waals surface area contributed by atoms with Crippen molar-refractivity contribution in [1.82, 2.24) is 0 Å². The number of hydrogen-bond acceptors (Lipinski definition) is 2. The summed E-state index contributed by atoms with van der Waals surface area (Å²) in [6.45, 7) is 5.94. The molecule has 2 heteroatoms. The Morgan fingerprint density at radius 1 is 0.741 bits per heavy atom. The van der Waals surface area contributed by atoms with Crippen molar-refractivity contribution in [3.05, 3.63) is 35.4 Å². The van der Waals surface area contributed by atoms with Crippen molar-refractivity contribution in [1.29, 1.82) is 0 Å². The lowest BCUT2D eigenvalue weighted by molar-refractivity contribution is -0.137. The number of unbranched alkanes of at least 4 members (excludes halogenated alkanes) is 3. The molecule has 1 heterocycles. The van der Waals surface area contributed by atoms with E-state index < -0.39 is 0 Å². The highest BCUT2D eigenvalue weighted by Crippen LogP contribution is 2.38. The molecule has 0 spiro atoms. The van der Waals surface area contributed by atoms with Crippen LogP contribution in [0.2, 0.25) is 0 Å². The molecule has 0 amide bonds. The van der Waals surface area contributed by atoms with E-state index in [1.54, 1.807) is 0 Å². The summed E-state index contributed by atoms with van der Waals surface area (Å²) in [7, 11) is 0. The van der Waals surface area contributed by atoms with Gasteiger partial charge in [-0.3, -0.25) is 0 Å². The summed E-state index contributed by atoms with van der Waals surface area (Å²) in [6, 6.07) is 9.26. The van der Waals surface area contributed by atoms with Crippen LogP contribution in [-0.4, -0.2) is 19.3 Å². The first-order valence-electron chi connectivity index (χ1n) is 11.6. The Morgan fingerprint density at radius 2 is 1.48 bits per heavy atom. The Kier molecular flexibility index (Phi) is 8.67. The molecule has 0 radical (unpaired) electrons. The molecule has 3 rings (SSSR count). The molecule has 0 N–H and O–H groups in total. The highest BCUT2D eigenvalue weighted by Gasteiger charge is 2.25. The molecular weight excluding hydrogens is 332 g/mol. The second-order valence-electron chi connectivity index (χ2n) is 8.80. The van der Waals surface area contributed by atoms with E-state index in [9.17, 15) is 0 Å². The van der Waals surface area contributed by atoms with Gasteiger partial charge in [0.05, 0.1) is 19.3 Å². The summed E-state index contributed by atoms with van der Waals surface area (Å²) in [5, 5.41) is 0. The summed E-state index contributed by atoms with van der Waals surface area (Å²) in [5.41, 5.74) is 2.81. The van der Waals surface area contributed by atoms with Gasteiger partial charge in [-0.2, -0.15) is 0 Å². The normalized spacial score (nSPS) is 29.0. The van der Waals surface area contributed by atoms with Crippen molar-refractivity contribution in [3.63, 3.8) is 0 Å².